The predicted octanol–water partition coefficient (Wildman–Crippen LogP) is 3.77. The van der Waals surface area contributed by atoms with Gasteiger partial charge in [-0.1, -0.05) is 41.9 Å². The maximum Gasteiger partial charge on any atom is 0.0175 e. The zero-order valence-corrected chi connectivity index (χ0v) is 11.7. The first-order valence-corrected chi connectivity index (χ1v) is 6.91. The van der Waals surface area contributed by atoms with Gasteiger partial charge in [-0.3, -0.25) is 0 Å². The second-order valence-corrected chi connectivity index (χ2v) is 6.01. The van der Waals surface area contributed by atoms with Crippen LogP contribution in [-0.4, -0.2) is 12.6 Å². The van der Waals surface area contributed by atoms with Crippen LogP contribution in [0.2, 0.25) is 0 Å². The lowest BCUT2D eigenvalue weighted by molar-refractivity contribution is 0.360. The van der Waals surface area contributed by atoms with E-state index in [1.165, 1.54) is 18.4 Å². The summed E-state index contributed by atoms with van der Waals surface area (Å²) < 4.78 is 1.16. The third-order valence-electron chi connectivity index (χ3n) is 3.68. The van der Waals surface area contributed by atoms with Gasteiger partial charge in [0, 0.05) is 10.5 Å². The van der Waals surface area contributed by atoms with Crippen LogP contribution in [0.3, 0.4) is 0 Å². The number of nitrogens with one attached hydrogen (secondary N) is 1. The van der Waals surface area contributed by atoms with Crippen molar-refractivity contribution in [3.63, 3.8) is 0 Å². The highest BCUT2D eigenvalue weighted by molar-refractivity contribution is 9.10. The van der Waals surface area contributed by atoms with E-state index < -0.39 is 0 Å². The third kappa shape index (κ3) is 2.86. The van der Waals surface area contributed by atoms with Gasteiger partial charge in [-0.15, -0.1) is 0 Å². The number of benzene rings is 1. The van der Waals surface area contributed by atoms with Gasteiger partial charge in [0.1, 0.15) is 0 Å². The molecule has 16 heavy (non-hydrogen) atoms. The minimum absolute atomic E-state index is 0.545. The van der Waals surface area contributed by atoms with Crippen LogP contribution in [0.1, 0.15) is 32.3 Å². The summed E-state index contributed by atoms with van der Waals surface area (Å²) in [5, 5.41) is 3.64. The van der Waals surface area contributed by atoms with Gasteiger partial charge in [0.05, 0.1) is 0 Å². The lowest BCUT2D eigenvalue weighted by Gasteiger charge is -2.24. The smallest absolute Gasteiger partial charge is 0.0175 e. The molecular formula is C14H20BrN. The van der Waals surface area contributed by atoms with Crippen molar-refractivity contribution in [2.24, 2.45) is 5.41 Å². The molecule has 88 valence electrons. The predicted molar refractivity (Wildman–Crippen MR) is 72.7 cm³/mol. The Balaban J connectivity index is 2.02. The molecule has 1 N–H and O–H groups in total. The van der Waals surface area contributed by atoms with Crippen LogP contribution in [-0.2, 0) is 6.42 Å². The van der Waals surface area contributed by atoms with Crippen LogP contribution in [0.15, 0.2) is 28.7 Å². The molecule has 0 aliphatic heterocycles. The molecule has 1 unspecified atom stereocenters. The lowest BCUT2D eigenvalue weighted by atomic mass is 9.92. The first kappa shape index (κ1) is 12.1. The molecule has 1 aromatic carbocycles. The highest BCUT2D eigenvalue weighted by Gasteiger charge is 2.44. The van der Waals surface area contributed by atoms with Gasteiger partial charge < -0.3 is 5.32 Å². The van der Waals surface area contributed by atoms with Gasteiger partial charge >= 0.3 is 0 Å². The summed E-state index contributed by atoms with van der Waals surface area (Å²) in [6.07, 6.45) is 3.90. The number of rotatable bonds is 5. The quantitative estimate of drug-likeness (QED) is 0.867. The van der Waals surface area contributed by atoms with Crippen LogP contribution in [0.4, 0.5) is 0 Å². The molecule has 0 bridgehead atoms. The molecule has 2 rings (SSSR count). The molecule has 1 saturated carbocycles. The Labute approximate surface area is 107 Å². The van der Waals surface area contributed by atoms with Crippen molar-refractivity contribution < 1.29 is 0 Å². The van der Waals surface area contributed by atoms with Crippen molar-refractivity contribution in [2.75, 3.05) is 6.54 Å². The minimum Gasteiger partial charge on any atom is -0.313 e. The highest BCUT2D eigenvalue weighted by atomic mass is 79.9. The number of halogens is 1. The second-order valence-electron chi connectivity index (χ2n) is 5.09. The molecule has 1 aromatic rings. The van der Waals surface area contributed by atoms with Gasteiger partial charge in [-0.2, -0.15) is 0 Å². The zero-order valence-electron chi connectivity index (χ0n) is 10.1. The van der Waals surface area contributed by atoms with E-state index in [1.54, 1.807) is 0 Å². The molecule has 1 nitrogen and oxygen atoms in total. The van der Waals surface area contributed by atoms with E-state index in [1.807, 2.05) is 0 Å². The topological polar surface area (TPSA) is 12.0 Å². The molecule has 2 heteroatoms. The fourth-order valence-corrected chi connectivity index (χ4v) is 2.48. The molecule has 0 spiro atoms. The van der Waals surface area contributed by atoms with Crippen molar-refractivity contribution >= 4 is 15.9 Å². The SMILES string of the molecule is CCNC(Cc1ccc(Br)cc1)C1(C)CC1. The van der Waals surface area contributed by atoms with Crippen LogP contribution in [0.5, 0.6) is 0 Å². The summed E-state index contributed by atoms with van der Waals surface area (Å²) in [5.74, 6) is 0. The third-order valence-corrected chi connectivity index (χ3v) is 4.21. The molecule has 1 aliphatic carbocycles. The summed E-state index contributed by atoms with van der Waals surface area (Å²) >= 11 is 3.48. The average Bonchev–Trinajstić information content (AvgIpc) is 3.00. The van der Waals surface area contributed by atoms with Crippen molar-refractivity contribution in [1.29, 1.82) is 0 Å². The fourth-order valence-electron chi connectivity index (χ4n) is 2.21. The summed E-state index contributed by atoms with van der Waals surface area (Å²) in [7, 11) is 0. The minimum atomic E-state index is 0.545. The largest absolute Gasteiger partial charge is 0.313 e. The van der Waals surface area contributed by atoms with Crippen molar-refractivity contribution in [1.82, 2.24) is 5.32 Å². The van der Waals surface area contributed by atoms with E-state index in [0.717, 1.165) is 17.4 Å². The Bertz CT molecular complexity index is 340. The maximum atomic E-state index is 3.64. The number of hydrogen-bond donors (Lipinski definition) is 1. The van der Waals surface area contributed by atoms with Gasteiger partial charge in [0.15, 0.2) is 0 Å². The van der Waals surface area contributed by atoms with Crippen LogP contribution in [0.25, 0.3) is 0 Å². The standard InChI is InChI=1S/C14H20BrN/c1-3-16-13(14(2)8-9-14)10-11-4-6-12(15)7-5-11/h4-7,13,16H,3,8-10H2,1-2H3. The molecule has 0 aromatic heterocycles. The van der Waals surface area contributed by atoms with Gasteiger partial charge in [0.25, 0.3) is 0 Å². The molecule has 1 aliphatic rings. The lowest BCUT2D eigenvalue weighted by Crippen LogP contribution is -2.37. The Morgan fingerprint density at radius 1 is 1.31 bits per heavy atom. The molecule has 1 fully saturated rings. The van der Waals surface area contributed by atoms with Crippen LogP contribution < -0.4 is 5.32 Å². The molecule has 0 amide bonds. The van der Waals surface area contributed by atoms with E-state index in [4.69, 9.17) is 0 Å². The Morgan fingerprint density at radius 2 is 1.94 bits per heavy atom. The second kappa shape index (κ2) is 4.89. The number of hydrogen-bond acceptors (Lipinski definition) is 1. The molecular weight excluding hydrogens is 262 g/mol. The van der Waals surface area contributed by atoms with Crippen molar-refractivity contribution in [2.45, 2.75) is 39.2 Å². The van der Waals surface area contributed by atoms with Crippen LogP contribution >= 0.6 is 15.9 Å². The van der Waals surface area contributed by atoms with Crippen molar-refractivity contribution in [3.05, 3.63) is 34.3 Å². The zero-order chi connectivity index (χ0) is 11.6. The monoisotopic (exact) mass is 281 g/mol. The highest BCUT2D eigenvalue weighted by Crippen LogP contribution is 2.48. The summed E-state index contributed by atoms with van der Waals surface area (Å²) in [5.41, 5.74) is 1.98. The first-order chi connectivity index (χ1) is 7.64. The van der Waals surface area contributed by atoms with Gasteiger partial charge in [-0.25, -0.2) is 0 Å². The number of likely N-dealkylation sites (N-methyl/N-ethyl adjacent to an activating group) is 1. The molecule has 0 radical (unpaired) electrons. The van der Waals surface area contributed by atoms with Gasteiger partial charge in [0.2, 0.25) is 0 Å². The Kier molecular flexibility index (Phi) is 3.70. The van der Waals surface area contributed by atoms with Crippen LogP contribution in [0, 0.1) is 5.41 Å². The van der Waals surface area contributed by atoms with E-state index >= 15 is 0 Å². The van der Waals surface area contributed by atoms with E-state index in [9.17, 15) is 0 Å². The maximum absolute atomic E-state index is 3.64. The Morgan fingerprint density at radius 3 is 2.44 bits per heavy atom. The normalized spacial score (nSPS) is 19.4. The molecule has 0 heterocycles. The van der Waals surface area contributed by atoms with Gasteiger partial charge in [-0.05, 0) is 48.9 Å². The average molecular weight is 282 g/mol. The van der Waals surface area contributed by atoms with E-state index in [0.29, 0.717) is 11.5 Å². The molecule has 1 atom stereocenters. The first-order valence-electron chi connectivity index (χ1n) is 6.12. The fraction of sp³-hybridized carbons (Fsp3) is 0.571. The summed E-state index contributed by atoms with van der Waals surface area (Å²) in [6, 6.07) is 9.35. The van der Waals surface area contributed by atoms with Crippen molar-refractivity contribution in [3.8, 4) is 0 Å². The van der Waals surface area contributed by atoms with E-state index in [2.05, 4.69) is 59.4 Å². The van der Waals surface area contributed by atoms with E-state index in [-0.39, 0.29) is 0 Å². The Hall–Kier alpha value is -0.340. The summed E-state index contributed by atoms with van der Waals surface area (Å²) in [4.78, 5) is 0. The molecule has 0 saturated heterocycles. The summed E-state index contributed by atoms with van der Waals surface area (Å²) in [6.45, 7) is 5.66.